The average Bonchev–Trinajstić information content (AvgIpc) is 2.87. The lowest BCUT2D eigenvalue weighted by Crippen LogP contribution is -2.42. The van der Waals surface area contributed by atoms with E-state index < -0.39 is 9.84 Å². The van der Waals surface area contributed by atoms with Crippen molar-refractivity contribution < 1.29 is 13.2 Å². The summed E-state index contributed by atoms with van der Waals surface area (Å²) < 4.78 is 23.5. The Bertz CT molecular complexity index is 674. The predicted octanol–water partition coefficient (Wildman–Crippen LogP) is 3.90. The van der Waals surface area contributed by atoms with Crippen LogP contribution < -0.4 is 0 Å². The summed E-state index contributed by atoms with van der Waals surface area (Å²) in [5, 5.41) is 1.03. The van der Waals surface area contributed by atoms with Gasteiger partial charge in [0, 0.05) is 17.5 Å². The van der Waals surface area contributed by atoms with Crippen molar-refractivity contribution in [2.24, 2.45) is 0 Å². The van der Waals surface area contributed by atoms with Gasteiger partial charge in [0.1, 0.15) is 0 Å². The Labute approximate surface area is 157 Å². The highest BCUT2D eigenvalue weighted by atomic mass is 35.5. The second-order valence-corrected chi connectivity index (χ2v) is 9.87. The minimum absolute atomic E-state index is 0.0634. The molecule has 0 spiro atoms. The topological polar surface area (TPSA) is 54.5 Å². The van der Waals surface area contributed by atoms with E-state index in [1.54, 1.807) is 23.1 Å². The number of carbonyl (C=O) groups excluding carboxylic acids is 1. The number of rotatable bonds is 7. The minimum atomic E-state index is -3.02. The molecule has 1 heterocycles. The number of benzene rings is 1. The highest BCUT2D eigenvalue weighted by Gasteiger charge is 2.34. The Morgan fingerprint density at radius 3 is 2.54 bits per heavy atom. The summed E-state index contributed by atoms with van der Waals surface area (Å²) in [7, 11) is -3.02. The molecule has 1 aliphatic rings. The number of hydrogen-bond acceptors (Lipinski definition) is 4. The van der Waals surface area contributed by atoms with Crippen molar-refractivity contribution in [2.45, 2.75) is 37.1 Å². The maximum absolute atomic E-state index is 12.7. The van der Waals surface area contributed by atoms with Crippen molar-refractivity contribution in [1.82, 2.24) is 4.90 Å². The molecule has 0 N–H and O–H groups in total. The molecule has 0 saturated carbocycles. The molecule has 1 saturated heterocycles. The number of thioether (sulfide) groups is 1. The van der Waals surface area contributed by atoms with Gasteiger partial charge in [-0.15, -0.1) is 11.8 Å². The summed E-state index contributed by atoms with van der Waals surface area (Å²) in [4.78, 5) is 15.1. The maximum atomic E-state index is 12.7. The molecule has 1 aliphatic heterocycles. The lowest BCUT2D eigenvalue weighted by atomic mass is 10.2. The summed E-state index contributed by atoms with van der Waals surface area (Å²) >= 11 is 13.6. The van der Waals surface area contributed by atoms with Gasteiger partial charge in [0.25, 0.3) is 0 Å². The van der Waals surface area contributed by atoms with Crippen molar-refractivity contribution in [3.63, 3.8) is 0 Å². The first-order valence-electron chi connectivity index (χ1n) is 7.90. The van der Waals surface area contributed by atoms with Gasteiger partial charge >= 0.3 is 0 Å². The monoisotopic (exact) mass is 409 g/mol. The van der Waals surface area contributed by atoms with E-state index in [0.29, 0.717) is 27.9 Å². The number of nitrogens with zero attached hydrogens (tertiary/aromatic N) is 1. The maximum Gasteiger partial charge on any atom is 0.233 e. The van der Waals surface area contributed by atoms with E-state index in [9.17, 15) is 13.2 Å². The number of hydrogen-bond donors (Lipinski definition) is 0. The van der Waals surface area contributed by atoms with Crippen LogP contribution in [-0.4, -0.2) is 49.1 Å². The van der Waals surface area contributed by atoms with Crippen LogP contribution in [0.25, 0.3) is 0 Å². The molecule has 2 rings (SSSR count). The molecule has 0 aromatic heterocycles. The van der Waals surface area contributed by atoms with Crippen LogP contribution in [0.4, 0.5) is 0 Å². The molecule has 0 aliphatic carbocycles. The van der Waals surface area contributed by atoms with E-state index in [0.717, 1.165) is 12.8 Å². The van der Waals surface area contributed by atoms with Crippen molar-refractivity contribution in [1.29, 1.82) is 0 Å². The van der Waals surface area contributed by atoms with Crippen LogP contribution in [0.15, 0.2) is 23.1 Å². The van der Waals surface area contributed by atoms with Gasteiger partial charge in [0.15, 0.2) is 9.84 Å². The molecule has 8 heteroatoms. The van der Waals surface area contributed by atoms with Crippen LogP contribution in [-0.2, 0) is 14.6 Å². The number of halogens is 2. The Morgan fingerprint density at radius 2 is 2.00 bits per heavy atom. The number of carbonyl (C=O) groups is 1. The van der Waals surface area contributed by atoms with Crippen LogP contribution >= 0.6 is 35.0 Å². The smallest absolute Gasteiger partial charge is 0.233 e. The van der Waals surface area contributed by atoms with E-state index in [2.05, 4.69) is 0 Å². The third kappa shape index (κ3) is 5.28. The lowest BCUT2D eigenvalue weighted by molar-refractivity contribution is -0.130. The fourth-order valence-corrected chi connectivity index (χ4v) is 6.00. The molecular weight excluding hydrogens is 389 g/mol. The predicted molar refractivity (Wildman–Crippen MR) is 101 cm³/mol. The number of amides is 1. The van der Waals surface area contributed by atoms with Gasteiger partial charge in [0.2, 0.25) is 5.91 Å². The first-order valence-corrected chi connectivity index (χ1v) is 11.5. The first-order chi connectivity index (χ1) is 11.3. The summed E-state index contributed by atoms with van der Waals surface area (Å²) in [6.07, 6.45) is 2.34. The van der Waals surface area contributed by atoms with E-state index in [4.69, 9.17) is 23.2 Å². The molecule has 134 valence electrons. The highest BCUT2D eigenvalue weighted by Crippen LogP contribution is 2.34. The van der Waals surface area contributed by atoms with E-state index in [1.807, 2.05) is 6.92 Å². The van der Waals surface area contributed by atoms with Crippen LogP contribution in [0.5, 0.6) is 0 Å². The van der Waals surface area contributed by atoms with Crippen molar-refractivity contribution in [3.05, 3.63) is 28.2 Å². The van der Waals surface area contributed by atoms with Gasteiger partial charge in [0.05, 0.1) is 27.3 Å². The molecule has 1 aromatic rings. The second kappa shape index (κ2) is 8.79. The van der Waals surface area contributed by atoms with Gasteiger partial charge in [-0.25, -0.2) is 8.42 Å². The fourth-order valence-electron chi connectivity index (χ4n) is 2.70. The van der Waals surface area contributed by atoms with E-state index in [-0.39, 0.29) is 29.2 Å². The molecule has 1 atom stereocenters. The van der Waals surface area contributed by atoms with Crippen molar-refractivity contribution >= 4 is 50.7 Å². The highest BCUT2D eigenvalue weighted by molar-refractivity contribution is 8.00. The zero-order valence-electron chi connectivity index (χ0n) is 13.5. The third-order valence-electron chi connectivity index (χ3n) is 3.98. The molecule has 1 amide bonds. The Kier molecular flexibility index (Phi) is 7.28. The lowest BCUT2D eigenvalue weighted by Gasteiger charge is -2.28. The summed E-state index contributed by atoms with van der Waals surface area (Å²) in [5.74, 6) is 0.368. The largest absolute Gasteiger partial charge is 0.338 e. The van der Waals surface area contributed by atoms with Crippen LogP contribution in [0.2, 0.25) is 10.0 Å². The minimum Gasteiger partial charge on any atom is -0.338 e. The molecule has 1 fully saturated rings. The summed E-state index contributed by atoms with van der Waals surface area (Å²) in [6, 6.07) is 5.02. The quantitative estimate of drug-likeness (QED) is 0.640. The van der Waals surface area contributed by atoms with Gasteiger partial charge in [-0.2, -0.15) is 0 Å². The third-order valence-corrected chi connectivity index (χ3v) is 7.71. The standard InChI is InChI=1S/C16H21Cl2NO3S2/c1-2-3-8-19(12-7-9-24(21,22)11-12)15(20)10-23-16-13(17)5-4-6-14(16)18/h4-6,12H,2-3,7-11H2,1H3. The average molecular weight is 410 g/mol. The van der Waals surface area contributed by atoms with Gasteiger partial charge in [-0.3, -0.25) is 4.79 Å². The summed E-state index contributed by atoms with van der Waals surface area (Å²) in [5.41, 5.74) is 0. The molecule has 0 radical (unpaired) electrons. The Morgan fingerprint density at radius 1 is 1.33 bits per heavy atom. The normalized spacial score (nSPS) is 19.4. The zero-order chi connectivity index (χ0) is 17.7. The Hall–Kier alpha value is -0.430. The fraction of sp³-hybridized carbons (Fsp3) is 0.562. The van der Waals surface area contributed by atoms with Crippen LogP contribution in [0.1, 0.15) is 26.2 Å². The molecule has 4 nitrogen and oxygen atoms in total. The Balaban J connectivity index is 2.05. The number of unbranched alkanes of at least 4 members (excludes halogenated alkanes) is 1. The SMILES string of the molecule is CCCCN(C(=O)CSc1c(Cl)cccc1Cl)C1CCS(=O)(=O)C1. The summed E-state index contributed by atoms with van der Waals surface area (Å²) in [6.45, 7) is 2.64. The van der Waals surface area contributed by atoms with E-state index >= 15 is 0 Å². The number of sulfone groups is 1. The van der Waals surface area contributed by atoms with Crippen LogP contribution in [0.3, 0.4) is 0 Å². The van der Waals surface area contributed by atoms with Crippen LogP contribution in [0, 0.1) is 0 Å². The van der Waals surface area contributed by atoms with E-state index in [1.165, 1.54) is 11.8 Å². The van der Waals surface area contributed by atoms with Gasteiger partial charge in [-0.1, -0.05) is 42.6 Å². The van der Waals surface area contributed by atoms with Gasteiger partial charge < -0.3 is 4.90 Å². The second-order valence-electron chi connectivity index (χ2n) is 5.84. The zero-order valence-corrected chi connectivity index (χ0v) is 16.6. The molecule has 0 bridgehead atoms. The molecule has 1 aromatic carbocycles. The molecular formula is C16H21Cl2NO3S2. The van der Waals surface area contributed by atoms with Gasteiger partial charge in [-0.05, 0) is 25.0 Å². The first kappa shape index (κ1) is 19.9. The molecule has 24 heavy (non-hydrogen) atoms. The molecule has 1 unspecified atom stereocenters. The van der Waals surface area contributed by atoms with Crippen molar-refractivity contribution in [2.75, 3.05) is 23.8 Å². The van der Waals surface area contributed by atoms with Crippen molar-refractivity contribution in [3.8, 4) is 0 Å².